The van der Waals surface area contributed by atoms with E-state index < -0.39 is 11.8 Å². The molecule has 0 atom stereocenters. The Labute approximate surface area is 205 Å². The molecular formula is C28H26N2O3S. The molecule has 6 heteroatoms. The maximum absolute atomic E-state index is 13.8. The highest BCUT2D eigenvalue weighted by atomic mass is 32.1. The Balaban J connectivity index is 1.94. The van der Waals surface area contributed by atoms with Crippen LogP contribution in [0.1, 0.15) is 27.8 Å². The van der Waals surface area contributed by atoms with Crippen molar-refractivity contribution < 1.29 is 14.3 Å². The van der Waals surface area contributed by atoms with Crippen molar-refractivity contribution >= 4 is 46.6 Å². The van der Waals surface area contributed by atoms with Crippen LogP contribution in [0.4, 0.5) is 11.4 Å². The zero-order valence-corrected chi connectivity index (χ0v) is 20.7. The van der Waals surface area contributed by atoms with Crippen LogP contribution >= 0.6 is 12.2 Å². The Morgan fingerprint density at radius 2 is 1.44 bits per heavy atom. The number of anilines is 2. The SMILES string of the molecule is COc1cccc(N2C(=O)/C(=C/c3cccc(C)c3)C(=O)N(c3c(C)cc(C)cc3C)C2=S)c1. The second kappa shape index (κ2) is 9.23. The van der Waals surface area contributed by atoms with Gasteiger partial charge in [-0.25, -0.2) is 0 Å². The predicted molar refractivity (Wildman–Crippen MR) is 140 cm³/mol. The second-order valence-electron chi connectivity index (χ2n) is 8.48. The number of thiocarbonyl (C=S) groups is 1. The third-order valence-corrected chi connectivity index (χ3v) is 6.14. The van der Waals surface area contributed by atoms with Crippen LogP contribution in [-0.4, -0.2) is 24.0 Å². The van der Waals surface area contributed by atoms with E-state index in [2.05, 4.69) is 0 Å². The van der Waals surface area contributed by atoms with Gasteiger partial charge in [-0.2, -0.15) is 0 Å². The molecule has 0 unspecified atom stereocenters. The molecule has 0 aromatic heterocycles. The van der Waals surface area contributed by atoms with E-state index in [9.17, 15) is 9.59 Å². The lowest BCUT2D eigenvalue weighted by Crippen LogP contribution is -2.57. The van der Waals surface area contributed by atoms with Crippen molar-refractivity contribution in [2.75, 3.05) is 16.9 Å². The number of hydrogen-bond acceptors (Lipinski definition) is 4. The molecule has 4 rings (SSSR count). The quantitative estimate of drug-likeness (QED) is 0.280. The minimum atomic E-state index is -0.469. The lowest BCUT2D eigenvalue weighted by Gasteiger charge is -2.38. The molecule has 1 fully saturated rings. The number of nitrogens with zero attached hydrogens (tertiary/aromatic N) is 2. The molecule has 0 saturated carbocycles. The molecule has 34 heavy (non-hydrogen) atoms. The zero-order valence-electron chi connectivity index (χ0n) is 19.9. The summed E-state index contributed by atoms with van der Waals surface area (Å²) in [6.07, 6.45) is 1.64. The zero-order chi connectivity index (χ0) is 24.6. The fourth-order valence-electron chi connectivity index (χ4n) is 4.36. The summed E-state index contributed by atoms with van der Waals surface area (Å²) in [5.74, 6) is -0.322. The van der Waals surface area contributed by atoms with Crippen LogP contribution in [0.5, 0.6) is 5.75 Å². The molecule has 3 aromatic carbocycles. The molecule has 0 spiro atoms. The molecule has 1 aliphatic rings. The number of aryl methyl sites for hydroxylation is 4. The van der Waals surface area contributed by atoms with Crippen LogP contribution in [0.3, 0.4) is 0 Å². The first-order valence-electron chi connectivity index (χ1n) is 10.9. The van der Waals surface area contributed by atoms with E-state index >= 15 is 0 Å². The van der Waals surface area contributed by atoms with Crippen LogP contribution in [0.2, 0.25) is 0 Å². The van der Waals surface area contributed by atoms with Gasteiger partial charge in [0.2, 0.25) is 0 Å². The standard InChI is InChI=1S/C28H26N2O3S/c1-17-8-6-9-21(14-17)15-24-26(31)29(22-10-7-11-23(16-22)33-5)28(34)30(27(24)32)25-19(3)12-18(2)13-20(25)4/h6-16H,1-5H3/b24-15-. The van der Waals surface area contributed by atoms with E-state index in [0.717, 1.165) is 27.8 Å². The number of benzene rings is 3. The summed E-state index contributed by atoms with van der Waals surface area (Å²) in [6, 6.07) is 18.8. The van der Waals surface area contributed by atoms with Crippen LogP contribution in [0.25, 0.3) is 6.08 Å². The van der Waals surface area contributed by atoms with Crippen LogP contribution < -0.4 is 14.5 Å². The summed E-state index contributed by atoms with van der Waals surface area (Å²) in [4.78, 5) is 30.4. The summed E-state index contributed by atoms with van der Waals surface area (Å²) in [6.45, 7) is 7.87. The molecule has 2 amide bonds. The summed E-state index contributed by atoms with van der Waals surface area (Å²) >= 11 is 5.78. The second-order valence-corrected chi connectivity index (χ2v) is 8.85. The first-order valence-corrected chi connectivity index (χ1v) is 11.3. The van der Waals surface area contributed by atoms with Gasteiger partial charge < -0.3 is 4.74 Å². The van der Waals surface area contributed by atoms with Crippen molar-refractivity contribution in [1.29, 1.82) is 0 Å². The Hall–Kier alpha value is -3.77. The number of hydrogen-bond donors (Lipinski definition) is 0. The van der Waals surface area contributed by atoms with E-state index in [-0.39, 0.29) is 10.7 Å². The molecule has 0 radical (unpaired) electrons. The Bertz CT molecular complexity index is 1340. The molecule has 172 valence electrons. The molecular weight excluding hydrogens is 444 g/mol. The third-order valence-electron chi connectivity index (χ3n) is 5.77. The fourth-order valence-corrected chi connectivity index (χ4v) is 4.72. The summed E-state index contributed by atoms with van der Waals surface area (Å²) in [5.41, 5.74) is 5.97. The molecule has 1 heterocycles. The maximum Gasteiger partial charge on any atom is 0.270 e. The smallest absolute Gasteiger partial charge is 0.270 e. The number of carbonyl (C=O) groups excluding carboxylic acids is 2. The van der Waals surface area contributed by atoms with E-state index in [4.69, 9.17) is 17.0 Å². The number of rotatable bonds is 4. The number of methoxy groups -OCH3 is 1. The highest BCUT2D eigenvalue weighted by Gasteiger charge is 2.42. The maximum atomic E-state index is 13.8. The molecule has 1 saturated heterocycles. The van der Waals surface area contributed by atoms with Gasteiger partial charge in [0.25, 0.3) is 11.8 Å². The van der Waals surface area contributed by atoms with Crippen LogP contribution in [-0.2, 0) is 9.59 Å². The lowest BCUT2D eigenvalue weighted by atomic mass is 10.0. The van der Waals surface area contributed by atoms with Gasteiger partial charge in [-0.15, -0.1) is 0 Å². The van der Waals surface area contributed by atoms with E-state index in [0.29, 0.717) is 17.1 Å². The predicted octanol–water partition coefficient (Wildman–Crippen LogP) is 5.68. The van der Waals surface area contributed by atoms with Crippen molar-refractivity contribution in [3.63, 3.8) is 0 Å². The first kappa shape index (κ1) is 23.4. The van der Waals surface area contributed by atoms with Gasteiger partial charge in [0, 0.05) is 6.07 Å². The van der Waals surface area contributed by atoms with Gasteiger partial charge in [0.05, 0.1) is 18.5 Å². The van der Waals surface area contributed by atoms with E-state index in [1.54, 1.807) is 37.5 Å². The van der Waals surface area contributed by atoms with Gasteiger partial charge in [-0.1, -0.05) is 53.6 Å². The monoisotopic (exact) mass is 470 g/mol. The van der Waals surface area contributed by atoms with Crippen molar-refractivity contribution in [1.82, 2.24) is 0 Å². The molecule has 5 nitrogen and oxygen atoms in total. The van der Waals surface area contributed by atoms with Crippen molar-refractivity contribution in [2.24, 2.45) is 0 Å². The molecule has 3 aromatic rings. The molecule has 0 N–H and O–H groups in total. The summed E-state index contributed by atoms with van der Waals surface area (Å²) in [5, 5.41) is 0.111. The Morgan fingerprint density at radius 1 is 0.794 bits per heavy atom. The van der Waals surface area contributed by atoms with Crippen molar-refractivity contribution in [3.8, 4) is 5.75 Å². The van der Waals surface area contributed by atoms with Gasteiger partial charge in [0.15, 0.2) is 5.11 Å². The summed E-state index contributed by atoms with van der Waals surface area (Å²) in [7, 11) is 1.56. The molecule has 0 aliphatic carbocycles. The number of amides is 2. The average Bonchev–Trinajstić information content (AvgIpc) is 2.78. The van der Waals surface area contributed by atoms with Crippen molar-refractivity contribution in [2.45, 2.75) is 27.7 Å². The van der Waals surface area contributed by atoms with Crippen LogP contribution in [0.15, 0.2) is 66.2 Å². The minimum Gasteiger partial charge on any atom is -0.497 e. The molecule has 0 bridgehead atoms. The van der Waals surface area contributed by atoms with Gasteiger partial charge in [-0.3, -0.25) is 19.4 Å². The van der Waals surface area contributed by atoms with Gasteiger partial charge in [-0.05, 0) is 74.8 Å². The topological polar surface area (TPSA) is 49.9 Å². The number of ether oxygens (including phenoxy) is 1. The lowest BCUT2D eigenvalue weighted by molar-refractivity contribution is -0.120. The molecule has 1 aliphatic heterocycles. The summed E-state index contributed by atoms with van der Waals surface area (Å²) < 4.78 is 5.36. The average molecular weight is 471 g/mol. The largest absolute Gasteiger partial charge is 0.497 e. The fraction of sp³-hybridized carbons (Fsp3) is 0.179. The third kappa shape index (κ3) is 4.24. The van der Waals surface area contributed by atoms with E-state index in [1.807, 2.05) is 64.1 Å². The highest BCUT2D eigenvalue weighted by Crippen LogP contribution is 2.35. The van der Waals surface area contributed by atoms with E-state index in [1.165, 1.54) is 9.80 Å². The van der Waals surface area contributed by atoms with Crippen LogP contribution in [0, 0.1) is 27.7 Å². The normalized spacial score (nSPS) is 15.3. The van der Waals surface area contributed by atoms with Gasteiger partial charge >= 0.3 is 0 Å². The minimum absolute atomic E-state index is 0.0430. The van der Waals surface area contributed by atoms with Gasteiger partial charge in [0.1, 0.15) is 11.3 Å². The Morgan fingerprint density at radius 3 is 2.09 bits per heavy atom. The Kier molecular flexibility index (Phi) is 6.35. The first-order chi connectivity index (χ1) is 16.2. The highest BCUT2D eigenvalue weighted by molar-refractivity contribution is 7.81. The van der Waals surface area contributed by atoms with Crippen molar-refractivity contribution in [3.05, 3.63) is 94.1 Å². The number of carbonyl (C=O) groups is 2.